The van der Waals surface area contributed by atoms with E-state index in [0.717, 1.165) is 12.8 Å². The molecule has 1 rings (SSSR count). The van der Waals surface area contributed by atoms with Gasteiger partial charge in [-0.3, -0.25) is 0 Å². The van der Waals surface area contributed by atoms with Gasteiger partial charge in [0.05, 0.1) is 6.10 Å². The topological polar surface area (TPSA) is 55.8 Å². The number of aliphatic hydroxyl groups excluding tert-OH is 1. The predicted molar refractivity (Wildman–Crippen MR) is 46.0 cm³/mol. The second kappa shape index (κ2) is 5.94. The van der Waals surface area contributed by atoms with E-state index in [1.807, 2.05) is 0 Å². The first-order valence-electron chi connectivity index (χ1n) is 4.71. The normalized spacial score (nSPS) is 18.5. The summed E-state index contributed by atoms with van der Waals surface area (Å²) in [6.07, 6.45) is 6.00. The van der Waals surface area contributed by atoms with E-state index in [-0.39, 0.29) is 12.9 Å². The van der Waals surface area contributed by atoms with E-state index < -0.39 is 12.6 Å². The van der Waals surface area contributed by atoms with Gasteiger partial charge in [-0.25, -0.2) is 4.79 Å². The van der Waals surface area contributed by atoms with E-state index in [2.05, 4.69) is 4.74 Å². The first-order valence-corrected chi connectivity index (χ1v) is 4.71. The van der Waals surface area contributed by atoms with Crippen molar-refractivity contribution in [2.45, 2.75) is 38.2 Å². The monoisotopic (exact) mass is 188 g/mol. The third kappa shape index (κ3) is 4.24. The average molecular weight is 188 g/mol. The summed E-state index contributed by atoms with van der Waals surface area (Å²) in [5, 5.41) is 8.34. The van der Waals surface area contributed by atoms with Crippen LogP contribution in [0.4, 0.5) is 0 Å². The molecule has 1 aliphatic rings. The average Bonchev–Trinajstić information content (AvgIpc) is 2.19. The van der Waals surface area contributed by atoms with E-state index in [1.54, 1.807) is 0 Å². The summed E-state index contributed by atoms with van der Waals surface area (Å²) in [4.78, 5) is 10.5. The lowest BCUT2D eigenvalue weighted by atomic mass is 9.98. The third-order valence-electron chi connectivity index (χ3n) is 2.20. The molecule has 1 fully saturated rings. The zero-order valence-electron chi connectivity index (χ0n) is 7.70. The maximum absolute atomic E-state index is 10.5. The van der Waals surface area contributed by atoms with Crippen molar-refractivity contribution in [3.63, 3.8) is 0 Å². The molecular weight excluding hydrogens is 172 g/mol. The highest BCUT2D eigenvalue weighted by Crippen LogP contribution is 2.19. The lowest BCUT2D eigenvalue weighted by molar-refractivity contribution is -0.165. The molecule has 0 aromatic carbocycles. The minimum Gasteiger partial charge on any atom is -0.437 e. The molecule has 0 amide bonds. The van der Waals surface area contributed by atoms with Crippen LogP contribution in [0.15, 0.2) is 0 Å². The van der Waals surface area contributed by atoms with E-state index in [9.17, 15) is 4.79 Å². The number of carbonyl (C=O) groups is 1. The van der Waals surface area contributed by atoms with Crippen LogP contribution in [-0.4, -0.2) is 30.6 Å². The summed E-state index contributed by atoms with van der Waals surface area (Å²) < 4.78 is 9.88. The summed E-state index contributed by atoms with van der Waals surface area (Å²) in [5.74, 6) is -0.629. The molecule has 1 saturated carbocycles. The Labute approximate surface area is 77.8 Å². The largest absolute Gasteiger partial charge is 0.437 e. The van der Waals surface area contributed by atoms with Crippen LogP contribution in [0.5, 0.6) is 0 Å². The Morgan fingerprint density at radius 3 is 2.62 bits per heavy atom. The summed E-state index contributed by atoms with van der Waals surface area (Å²) in [7, 11) is 0. The molecule has 0 heterocycles. The van der Waals surface area contributed by atoms with Crippen molar-refractivity contribution in [1.29, 1.82) is 0 Å². The molecule has 13 heavy (non-hydrogen) atoms. The fourth-order valence-electron chi connectivity index (χ4n) is 1.47. The van der Waals surface area contributed by atoms with E-state index >= 15 is 0 Å². The zero-order chi connectivity index (χ0) is 9.52. The first kappa shape index (κ1) is 10.5. The molecule has 0 unspecified atom stereocenters. The Morgan fingerprint density at radius 1 is 1.31 bits per heavy atom. The van der Waals surface area contributed by atoms with Crippen LogP contribution in [0, 0.1) is 0 Å². The van der Waals surface area contributed by atoms with Crippen molar-refractivity contribution >= 4 is 5.97 Å². The molecule has 0 saturated heterocycles. The molecule has 0 aromatic rings. The van der Waals surface area contributed by atoms with Gasteiger partial charge in [0.25, 0.3) is 0 Å². The lowest BCUT2D eigenvalue weighted by Gasteiger charge is -2.21. The number of hydrogen-bond donors (Lipinski definition) is 1. The van der Waals surface area contributed by atoms with Crippen LogP contribution in [0.2, 0.25) is 0 Å². The summed E-state index contributed by atoms with van der Waals surface area (Å²) in [6, 6.07) is 0. The van der Waals surface area contributed by atoms with Crippen LogP contribution >= 0.6 is 0 Å². The third-order valence-corrected chi connectivity index (χ3v) is 2.20. The molecule has 4 nitrogen and oxygen atoms in total. The van der Waals surface area contributed by atoms with Gasteiger partial charge in [-0.15, -0.1) is 0 Å². The number of hydrogen-bond acceptors (Lipinski definition) is 4. The Balaban J connectivity index is 2.01. The van der Waals surface area contributed by atoms with E-state index in [4.69, 9.17) is 9.84 Å². The Bertz CT molecular complexity index is 152. The summed E-state index contributed by atoms with van der Waals surface area (Å²) >= 11 is 0. The van der Waals surface area contributed by atoms with Crippen LogP contribution in [0.25, 0.3) is 0 Å². The Morgan fingerprint density at radius 2 is 2.00 bits per heavy atom. The molecule has 1 N–H and O–H groups in total. The van der Waals surface area contributed by atoms with Gasteiger partial charge in [0.2, 0.25) is 0 Å². The van der Waals surface area contributed by atoms with E-state index in [1.165, 1.54) is 19.3 Å². The maximum atomic E-state index is 10.5. The van der Waals surface area contributed by atoms with Crippen molar-refractivity contribution in [3.05, 3.63) is 0 Å². The highest BCUT2D eigenvalue weighted by molar-refractivity contribution is 5.70. The first-order chi connectivity index (χ1) is 6.33. The fraction of sp³-hybridized carbons (Fsp3) is 0.889. The van der Waals surface area contributed by atoms with Gasteiger partial charge in [-0.1, -0.05) is 19.3 Å². The molecule has 1 aliphatic carbocycles. The molecule has 0 bridgehead atoms. The number of carbonyl (C=O) groups excluding carboxylic acids is 1. The van der Waals surface area contributed by atoms with Crippen molar-refractivity contribution in [3.8, 4) is 0 Å². The highest BCUT2D eigenvalue weighted by Gasteiger charge is 2.13. The van der Waals surface area contributed by atoms with E-state index in [0.29, 0.717) is 0 Å². The van der Waals surface area contributed by atoms with Crippen LogP contribution in [0.3, 0.4) is 0 Å². The summed E-state index contributed by atoms with van der Waals surface area (Å²) in [6.45, 7) is -0.599. The molecular formula is C9H16O4. The second-order valence-corrected chi connectivity index (χ2v) is 3.22. The molecule has 0 aliphatic heterocycles. The van der Waals surface area contributed by atoms with Crippen LogP contribution in [-0.2, 0) is 14.3 Å². The molecule has 0 atom stereocenters. The highest BCUT2D eigenvalue weighted by atomic mass is 16.7. The Hall–Kier alpha value is -0.610. The van der Waals surface area contributed by atoms with Crippen molar-refractivity contribution in [1.82, 2.24) is 0 Å². The Kier molecular flexibility index (Phi) is 4.78. The van der Waals surface area contributed by atoms with Crippen LogP contribution in [0.1, 0.15) is 32.1 Å². The number of aliphatic hydroxyl groups is 1. The molecule has 76 valence electrons. The molecule has 4 heteroatoms. The number of ether oxygens (including phenoxy) is 2. The predicted octanol–water partition coefficient (Wildman–Crippen LogP) is 0.829. The van der Waals surface area contributed by atoms with Crippen molar-refractivity contribution < 1.29 is 19.4 Å². The molecule has 0 spiro atoms. The van der Waals surface area contributed by atoms with Gasteiger partial charge in [-0.2, -0.15) is 0 Å². The van der Waals surface area contributed by atoms with Gasteiger partial charge in [-0.05, 0) is 12.8 Å². The standard InChI is InChI=1S/C9H16O4/c10-6-9(11)13-7-12-8-4-2-1-3-5-8/h8,10H,1-7H2. The second-order valence-electron chi connectivity index (χ2n) is 3.22. The van der Waals surface area contributed by atoms with Crippen molar-refractivity contribution in [2.24, 2.45) is 0 Å². The zero-order valence-corrected chi connectivity index (χ0v) is 7.70. The minimum atomic E-state index is -0.629. The minimum absolute atomic E-state index is 0.0237. The van der Waals surface area contributed by atoms with Gasteiger partial charge in [0, 0.05) is 0 Å². The van der Waals surface area contributed by atoms with Gasteiger partial charge < -0.3 is 14.6 Å². The maximum Gasteiger partial charge on any atom is 0.333 e. The van der Waals surface area contributed by atoms with Gasteiger partial charge in [0.1, 0.15) is 6.61 Å². The number of rotatable bonds is 4. The van der Waals surface area contributed by atoms with Crippen LogP contribution < -0.4 is 0 Å². The molecule has 0 aromatic heterocycles. The smallest absolute Gasteiger partial charge is 0.333 e. The fourth-order valence-corrected chi connectivity index (χ4v) is 1.47. The van der Waals surface area contributed by atoms with Gasteiger partial charge in [0.15, 0.2) is 6.79 Å². The number of esters is 1. The van der Waals surface area contributed by atoms with Gasteiger partial charge >= 0.3 is 5.97 Å². The SMILES string of the molecule is O=C(CO)OCOC1CCCCC1. The lowest BCUT2D eigenvalue weighted by Crippen LogP contribution is -2.20. The van der Waals surface area contributed by atoms with Crippen molar-refractivity contribution in [2.75, 3.05) is 13.4 Å². The molecule has 0 radical (unpaired) electrons. The summed E-state index contributed by atoms with van der Waals surface area (Å²) in [5.41, 5.74) is 0. The quantitative estimate of drug-likeness (QED) is 0.524.